The zero-order valence-corrected chi connectivity index (χ0v) is 10.0. The Hall–Kier alpha value is -1.06. The van der Waals surface area contributed by atoms with Gasteiger partial charge in [-0.05, 0) is 31.0 Å². The average molecular weight is 220 g/mol. The van der Waals surface area contributed by atoms with Crippen molar-refractivity contribution in [3.05, 3.63) is 29.3 Å². The van der Waals surface area contributed by atoms with Crippen LogP contribution < -0.4 is 15.4 Å². The molecule has 0 spiro atoms. The molecule has 3 heteroatoms. The molecule has 1 aliphatic rings. The molecule has 0 aromatic heterocycles. The number of benzene rings is 1. The molecule has 1 fully saturated rings. The summed E-state index contributed by atoms with van der Waals surface area (Å²) in [5, 5.41) is 6.91. The molecule has 1 aliphatic heterocycles. The number of hydrogen-bond donors (Lipinski definition) is 2. The van der Waals surface area contributed by atoms with Gasteiger partial charge in [0.05, 0.1) is 6.61 Å². The predicted octanol–water partition coefficient (Wildman–Crippen LogP) is 1.63. The molecule has 0 bridgehead atoms. The van der Waals surface area contributed by atoms with Crippen LogP contribution in [0.2, 0.25) is 0 Å². The fourth-order valence-corrected chi connectivity index (χ4v) is 2.10. The summed E-state index contributed by atoms with van der Waals surface area (Å²) in [6.45, 7) is 7.95. The summed E-state index contributed by atoms with van der Waals surface area (Å²) in [6.07, 6.45) is 0. The molecule has 0 aliphatic carbocycles. The van der Waals surface area contributed by atoms with E-state index in [0.29, 0.717) is 6.04 Å². The first kappa shape index (κ1) is 11.4. The summed E-state index contributed by atoms with van der Waals surface area (Å²) in [7, 11) is 0. The maximum Gasteiger partial charge on any atom is 0.122 e. The Balaban J connectivity index is 2.13. The zero-order chi connectivity index (χ0) is 11.4. The van der Waals surface area contributed by atoms with Crippen LogP contribution in [0.3, 0.4) is 0 Å². The maximum absolute atomic E-state index is 5.54. The third-order valence-electron chi connectivity index (χ3n) is 2.94. The monoisotopic (exact) mass is 220 g/mol. The van der Waals surface area contributed by atoms with Crippen molar-refractivity contribution in [2.24, 2.45) is 0 Å². The van der Waals surface area contributed by atoms with Gasteiger partial charge in [-0.1, -0.05) is 12.1 Å². The highest BCUT2D eigenvalue weighted by molar-refractivity contribution is 5.37. The molecule has 0 saturated carbocycles. The van der Waals surface area contributed by atoms with Gasteiger partial charge in [0.2, 0.25) is 0 Å². The van der Waals surface area contributed by atoms with Gasteiger partial charge in [0, 0.05) is 25.7 Å². The van der Waals surface area contributed by atoms with Crippen molar-refractivity contribution in [1.29, 1.82) is 0 Å². The fourth-order valence-electron chi connectivity index (χ4n) is 2.10. The minimum atomic E-state index is 0.433. The molecule has 16 heavy (non-hydrogen) atoms. The third-order valence-corrected chi connectivity index (χ3v) is 2.94. The van der Waals surface area contributed by atoms with Crippen LogP contribution in [-0.2, 0) is 0 Å². The van der Waals surface area contributed by atoms with Gasteiger partial charge in [0.25, 0.3) is 0 Å². The van der Waals surface area contributed by atoms with E-state index in [1.807, 2.05) is 6.92 Å². The smallest absolute Gasteiger partial charge is 0.122 e. The van der Waals surface area contributed by atoms with Crippen molar-refractivity contribution in [3.63, 3.8) is 0 Å². The van der Waals surface area contributed by atoms with Crippen LogP contribution in [0.1, 0.15) is 24.1 Å². The highest BCUT2D eigenvalue weighted by Crippen LogP contribution is 2.23. The average Bonchev–Trinajstić information content (AvgIpc) is 2.33. The van der Waals surface area contributed by atoms with Crippen molar-refractivity contribution < 1.29 is 4.74 Å². The van der Waals surface area contributed by atoms with Crippen molar-refractivity contribution in [3.8, 4) is 5.75 Å². The van der Waals surface area contributed by atoms with Gasteiger partial charge in [0.1, 0.15) is 5.75 Å². The van der Waals surface area contributed by atoms with Crippen LogP contribution in [0.4, 0.5) is 0 Å². The van der Waals surface area contributed by atoms with Gasteiger partial charge >= 0.3 is 0 Å². The highest BCUT2D eigenvalue weighted by Gasteiger charge is 2.14. The Morgan fingerprint density at radius 1 is 1.38 bits per heavy atom. The molecule has 1 heterocycles. The van der Waals surface area contributed by atoms with Crippen LogP contribution in [-0.4, -0.2) is 26.2 Å². The normalized spacial score (nSPS) is 20.8. The van der Waals surface area contributed by atoms with Gasteiger partial charge in [-0.2, -0.15) is 0 Å². The summed E-state index contributed by atoms with van der Waals surface area (Å²) in [4.78, 5) is 0. The first-order valence-corrected chi connectivity index (χ1v) is 5.98. The zero-order valence-electron chi connectivity index (χ0n) is 10.0. The van der Waals surface area contributed by atoms with E-state index >= 15 is 0 Å². The fraction of sp³-hybridized carbons (Fsp3) is 0.538. The Morgan fingerprint density at radius 3 is 2.88 bits per heavy atom. The topological polar surface area (TPSA) is 33.3 Å². The summed E-state index contributed by atoms with van der Waals surface area (Å²) >= 11 is 0. The lowest BCUT2D eigenvalue weighted by Gasteiger charge is -2.25. The molecule has 0 amide bonds. The third kappa shape index (κ3) is 2.54. The highest BCUT2D eigenvalue weighted by atomic mass is 16.5. The van der Waals surface area contributed by atoms with Crippen molar-refractivity contribution in [2.45, 2.75) is 19.9 Å². The molecular weight excluding hydrogens is 200 g/mol. The van der Waals surface area contributed by atoms with Gasteiger partial charge in [0.15, 0.2) is 0 Å². The van der Waals surface area contributed by atoms with E-state index < -0.39 is 0 Å². The van der Waals surface area contributed by atoms with Gasteiger partial charge in [-0.15, -0.1) is 0 Å². The lowest BCUT2D eigenvalue weighted by molar-refractivity contribution is 0.337. The molecule has 1 aromatic rings. The number of nitrogens with one attached hydrogen (secondary N) is 2. The second kappa shape index (κ2) is 5.32. The Bertz CT molecular complexity index is 346. The van der Waals surface area contributed by atoms with Crippen molar-refractivity contribution in [2.75, 3.05) is 26.2 Å². The van der Waals surface area contributed by atoms with E-state index in [1.165, 1.54) is 11.1 Å². The molecule has 1 saturated heterocycles. The Morgan fingerprint density at radius 2 is 2.25 bits per heavy atom. The quantitative estimate of drug-likeness (QED) is 0.812. The van der Waals surface area contributed by atoms with Crippen LogP contribution >= 0.6 is 0 Å². The molecule has 1 atom stereocenters. The largest absolute Gasteiger partial charge is 0.494 e. The number of ether oxygens (including phenoxy) is 1. The molecule has 0 radical (unpaired) electrons. The van der Waals surface area contributed by atoms with E-state index in [0.717, 1.165) is 32.0 Å². The molecule has 3 nitrogen and oxygen atoms in total. The second-order valence-electron chi connectivity index (χ2n) is 4.17. The van der Waals surface area contributed by atoms with Crippen LogP contribution in [0.15, 0.2) is 18.2 Å². The van der Waals surface area contributed by atoms with Crippen LogP contribution in [0.5, 0.6) is 5.75 Å². The number of hydrogen-bond acceptors (Lipinski definition) is 3. The van der Waals surface area contributed by atoms with E-state index in [9.17, 15) is 0 Å². The standard InChI is InChI=1S/C13H20N2O/c1-3-16-13-5-4-11(8-10(13)2)12-9-14-6-7-15-12/h4-5,8,12,14-15H,3,6-7,9H2,1-2H3. The molecule has 1 aromatic carbocycles. The number of rotatable bonds is 3. The summed E-state index contributed by atoms with van der Waals surface area (Å²) < 4.78 is 5.54. The van der Waals surface area contributed by atoms with Gasteiger partial charge < -0.3 is 15.4 Å². The molecule has 88 valence electrons. The van der Waals surface area contributed by atoms with E-state index in [1.54, 1.807) is 0 Å². The lowest BCUT2D eigenvalue weighted by Crippen LogP contribution is -2.42. The van der Waals surface area contributed by atoms with Gasteiger partial charge in [-0.3, -0.25) is 0 Å². The van der Waals surface area contributed by atoms with Crippen molar-refractivity contribution in [1.82, 2.24) is 10.6 Å². The molecule has 2 rings (SSSR count). The number of aryl methyl sites for hydroxylation is 1. The first-order valence-electron chi connectivity index (χ1n) is 5.98. The minimum Gasteiger partial charge on any atom is -0.494 e. The lowest BCUT2D eigenvalue weighted by atomic mass is 10.0. The molecule has 2 N–H and O–H groups in total. The van der Waals surface area contributed by atoms with E-state index in [2.05, 4.69) is 35.8 Å². The van der Waals surface area contributed by atoms with Crippen LogP contribution in [0.25, 0.3) is 0 Å². The maximum atomic E-state index is 5.54. The molecule has 1 unspecified atom stereocenters. The second-order valence-corrected chi connectivity index (χ2v) is 4.17. The summed E-state index contributed by atoms with van der Waals surface area (Å²) in [5.74, 6) is 0.995. The minimum absolute atomic E-state index is 0.433. The first-order chi connectivity index (χ1) is 7.81. The van der Waals surface area contributed by atoms with Crippen LogP contribution in [0, 0.1) is 6.92 Å². The Labute approximate surface area is 97.2 Å². The summed E-state index contributed by atoms with van der Waals surface area (Å²) in [6, 6.07) is 6.88. The van der Waals surface area contributed by atoms with Crippen molar-refractivity contribution >= 4 is 0 Å². The molecular formula is C13H20N2O. The number of piperazine rings is 1. The summed E-state index contributed by atoms with van der Waals surface area (Å²) in [5.41, 5.74) is 2.56. The Kier molecular flexibility index (Phi) is 3.80. The van der Waals surface area contributed by atoms with E-state index in [-0.39, 0.29) is 0 Å². The van der Waals surface area contributed by atoms with Gasteiger partial charge in [-0.25, -0.2) is 0 Å². The van der Waals surface area contributed by atoms with E-state index in [4.69, 9.17) is 4.74 Å². The predicted molar refractivity (Wildman–Crippen MR) is 66.0 cm³/mol. The SMILES string of the molecule is CCOc1ccc(C2CNCCN2)cc1C.